The highest BCUT2D eigenvalue weighted by Crippen LogP contribution is 2.39. The quantitative estimate of drug-likeness (QED) is 0.880. The smallest absolute Gasteiger partial charge is 0.147 e. The van der Waals surface area contributed by atoms with Crippen LogP contribution in [0.25, 0.3) is 0 Å². The number of nitrogens with zero attached hydrogens (tertiary/aromatic N) is 1. The number of rotatable bonds is 3. The minimum absolute atomic E-state index is 0.117. The van der Waals surface area contributed by atoms with Crippen molar-refractivity contribution < 1.29 is 4.39 Å². The Hall–Kier alpha value is -0.740. The third-order valence-electron chi connectivity index (χ3n) is 2.70. The maximum absolute atomic E-state index is 13.8. The molecule has 2 N–H and O–H groups in total. The second-order valence-electron chi connectivity index (χ2n) is 4.10. The Labute approximate surface area is 100 Å². The molecule has 2 rings (SSSR count). The fraction of sp³-hybridized carbons (Fsp3) is 0.500. The zero-order chi connectivity index (χ0) is 11.5. The molecule has 1 aliphatic heterocycles. The van der Waals surface area contributed by atoms with E-state index in [1.807, 2.05) is 6.07 Å². The normalized spacial score (nSPS) is 19.7. The molecule has 0 aromatic heterocycles. The predicted octanol–water partition coefficient (Wildman–Crippen LogP) is 2.48. The lowest BCUT2D eigenvalue weighted by Gasteiger charge is -2.34. The summed E-state index contributed by atoms with van der Waals surface area (Å²) in [6.45, 7) is 4.57. The van der Waals surface area contributed by atoms with Crippen LogP contribution < -0.4 is 10.6 Å². The van der Waals surface area contributed by atoms with Gasteiger partial charge in [-0.1, -0.05) is 13.0 Å². The van der Waals surface area contributed by atoms with E-state index in [0.717, 1.165) is 30.1 Å². The van der Waals surface area contributed by atoms with Gasteiger partial charge in [0.1, 0.15) is 5.82 Å². The highest BCUT2D eigenvalue weighted by atomic mass is 32.2. The van der Waals surface area contributed by atoms with Gasteiger partial charge in [0.05, 0.1) is 5.69 Å². The molecule has 16 heavy (non-hydrogen) atoms. The van der Waals surface area contributed by atoms with Crippen LogP contribution in [0.15, 0.2) is 23.1 Å². The topological polar surface area (TPSA) is 29.3 Å². The van der Waals surface area contributed by atoms with Crippen molar-refractivity contribution in [2.75, 3.05) is 24.5 Å². The van der Waals surface area contributed by atoms with Crippen LogP contribution in [0.2, 0.25) is 0 Å². The summed E-state index contributed by atoms with van der Waals surface area (Å²) in [7, 11) is 0. The Morgan fingerprint density at radius 2 is 2.38 bits per heavy atom. The first-order valence-electron chi connectivity index (χ1n) is 5.62. The second-order valence-corrected chi connectivity index (χ2v) is 5.58. The molecule has 0 saturated carbocycles. The molecule has 88 valence electrons. The zero-order valence-electron chi connectivity index (χ0n) is 9.45. The average Bonchev–Trinajstić information content (AvgIpc) is 2.25. The zero-order valence-corrected chi connectivity index (χ0v) is 10.3. The van der Waals surface area contributed by atoms with Crippen molar-refractivity contribution in [1.82, 2.24) is 0 Å². The van der Waals surface area contributed by atoms with Gasteiger partial charge in [-0.05, 0) is 25.1 Å². The molecule has 1 unspecified atom stereocenters. The van der Waals surface area contributed by atoms with Crippen LogP contribution in [0.4, 0.5) is 10.1 Å². The van der Waals surface area contributed by atoms with Crippen molar-refractivity contribution in [2.45, 2.75) is 23.5 Å². The molecule has 0 saturated heterocycles. The molecule has 0 fully saturated rings. The van der Waals surface area contributed by atoms with Gasteiger partial charge in [0, 0.05) is 23.2 Å². The highest BCUT2D eigenvalue weighted by Gasteiger charge is 2.24. The number of hydrogen-bond acceptors (Lipinski definition) is 3. The molecule has 2 nitrogen and oxygen atoms in total. The molecular formula is C12H17FN2S. The minimum atomic E-state index is -0.117. The first kappa shape index (κ1) is 11.7. The molecule has 1 heterocycles. The highest BCUT2D eigenvalue weighted by molar-refractivity contribution is 8.00. The van der Waals surface area contributed by atoms with E-state index in [0.29, 0.717) is 11.8 Å². The van der Waals surface area contributed by atoms with Crippen molar-refractivity contribution in [2.24, 2.45) is 5.73 Å². The van der Waals surface area contributed by atoms with Crippen LogP contribution in [0.3, 0.4) is 0 Å². The number of fused-ring (bicyclic) bond motifs is 1. The first-order chi connectivity index (χ1) is 7.72. The van der Waals surface area contributed by atoms with Crippen molar-refractivity contribution in [3.05, 3.63) is 24.0 Å². The molecule has 1 aliphatic rings. The molecular weight excluding hydrogens is 223 g/mol. The molecule has 1 aromatic rings. The summed E-state index contributed by atoms with van der Waals surface area (Å²) in [4.78, 5) is 3.18. The largest absolute Gasteiger partial charge is 0.367 e. The molecule has 0 spiro atoms. The Morgan fingerprint density at radius 1 is 1.56 bits per heavy atom. The summed E-state index contributed by atoms with van der Waals surface area (Å²) in [6.07, 6.45) is 0.908. The van der Waals surface area contributed by atoms with E-state index in [1.54, 1.807) is 17.8 Å². The third kappa shape index (κ3) is 2.33. The van der Waals surface area contributed by atoms with E-state index in [4.69, 9.17) is 5.73 Å². The lowest BCUT2D eigenvalue weighted by Crippen LogP contribution is -2.35. The van der Waals surface area contributed by atoms with Gasteiger partial charge in [-0.2, -0.15) is 0 Å². The number of para-hydroxylation sites is 1. The van der Waals surface area contributed by atoms with E-state index in [-0.39, 0.29) is 5.82 Å². The van der Waals surface area contributed by atoms with E-state index < -0.39 is 0 Å². The van der Waals surface area contributed by atoms with Gasteiger partial charge in [-0.3, -0.25) is 0 Å². The summed E-state index contributed by atoms with van der Waals surface area (Å²) in [5.74, 6) is -0.117. The third-order valence-corrected chi connectivity index (χ3v) is 3.84. The number of anilines is 1. The standard InChI is InChI=1S/C12H17FN2S/c1-9-8-15(7-3-6-14)12-10(13)4-2-5-11(12)16-9/h2,4-5,9H,3,6-8,14H2,1H3. The van der Waals surface area contributed by atoms with Crippen LogP contribution >= 0.6 is 11.8 Å². The van der Waals surface area contributed by atoms with Gasteiger partial charge < -0.3 is 10.6 Å². The summed E-state index contributed by atoms with van der Waals surface area (Å²) >= 11 is 1.75. The molecule has 1 atom stereocenters. The first-order valence-corrected chi connectivity index (χ1v) is 6.50. The number of nitrogens with two attached hydrogens (primary N) is 1. The van der Waals surface area contributed by atoms with E-state index >= 15 is 0 Å². The molecule has 1 aromatic carbocycles. The van der Waals surface area contributed by atoms with Crippen LogP contribution in [-0.4, -0.2) is 24.9 Å². The van der Waals surface area contributed by atoms with Crippen molar-refractivity contribution in [3.8, 4) is 0 Å². The van der Waals surface area contributed by atoms with E-state index in [1.165, 1.54) is 6.07 Å². The molecule has 0 radical (unpaired) electrons. The minimum Gasteiger partial charge on any atom is -0.367 e. The van der Waals surface area contributed by atoms with Gasteiger partial charge in [0.25, 0.3) is 0 Å². The summed E-state index contributed by atoms with van der Waals surface area (Å²) < 4.78 is 13.8. The summed E-state index contributed by atoms with van der Waals surface area (Å²) in [5, 5.41) is 0.507. The number of halogens is 1. The van der Waals surface area contributed by atoms with E-state index in [2.05, 4.69) is 11.8 Å². The van der Waals surface area contributed by atoms with Gasteiger partial charge >= 0.3 is 0 Å². The van der Waals surface area contributed by atoms with Gasteiger partial charge in [0.2, 0.25) is 0 Å². The maximum atomic E-state index is 13.8. The lowest BCUT2D eigenvalue weighted by atomic mass is 10.2. The van der Waals surface area contributed by atoms with Crippen LogP contribution in [0.5, 0.6) is 0 Å². The van der Waals surface area contributed by atoms with Crippen LogP contribution in [0, 0.1) is 5.82 Å². The molecule has 4 heteroatoms. The number of thioether (sulfide) groups is 1. The second kappa shape index (κ2) is 5.06. The molecule has 0 bridgehead atoms. The Kier molecular flexibility index (Phi) is 3.71. The fourth-order valence-corrected chi connectivity index (χ4v) is 3.22. The SMILES string of the molecule is CC1CN(CCCN)c2c(F)cccc2S1. The van der Waals surface area contributed by atoms with Gasteiger partial charge in [-0.15, -0.1) is 11.8 Å². The van der Waals surface area contributed by atoms with Crippen molar-refractivity contribution in [1.29, 1.82) is 0 Å². The lowest BCUT2D eigenvalue weighted by molar-refractivity contribution is 0.604. The van der Waals surface area contributed by atoms with E-state index in [9.17, 15) is 4.39 Å². The van der Waals surface area contributed by atoms with Gasteiger partial charge in [-0.25, -0.2) is 4.39 Å². The van der Waals surface area contributed by atoms with Crippen molar-refractivity contribution in [3.63, 3.8) is 0 Å². The number of hydrogen-bond donors (Lipinski definition) is 1. The predicted molar refractivity (Wildman–Crippen MR) is 67.6 cm³/mol. The molecule has 0 amide bonds. The Morgan fingerprint density at radius 3 is 3.12 bits per heavy atom. The van der Waals surface area contributed by atoms with Crippen LogP contribution in [0.1, 0.15) is 13.3 Å². The molecule has 0 aliphatic carbocycles. The van der Waals surface area contributed by atoms with Gasteiger partial charge in [0.15, 0.2) is 0 Å². The Balaban J connectivity index is 2.28. The summed E-state index contributed by atoms with van der Waals surface area (Å²) in [5.41, 5.74) is 6.28. The Bertz CT molecular complexity index is 370. The fourth-order valence-electron chi connectivity index (χ4n) is 2.04. The number of benzene rings is 1. The average molecular weight is 240 g/mol. The monoisotopic (exact) mass is 240 g/mol. The van der Waals surface area contributed by atoms with Crippen molar-refractivity contribution >= 4 is 17.4 Å². The summed E-state index contributed by atoms with van der Waals surface area (Å²) in [6, 6.07) is 5.30. The van der Waals surface area contributed by atoms with Crippen LogP contribution in [-0.2, 0) is 0 Å². The maximum Gasteiger partial charge on any atom is 0.147 e.